The monoisotopic (exact) mass is 306 g/mol. The molecule has 2 aromatic heterocycles. The van der Waals surface area contributed by atoms with Gasteiger partial charge in [-0.3, -0.25) is 0 Å². The summed E-state index contributed by atoms with van der Waals surface area (Å²) < 4.78 is 1.23. The second-order valence-electron chi connectivity index (χ2n) is 4.16. The summed E-state index contributed by atoms with van der Waals surface area (Å²) in [6, 6.07) is 12.3. The van der Waals surface area contributed by atoms with E-state index in [1.807, 2.05) is 18.3 Å². The van der Waals surface area contributed by atoms with E-state index in [9.17, 15) is 4.79 Å². The first-order chi connectivity index (χ1) is 10.2. The summed E-state index contributed by atoms with van der Waals surface area (Å²) in [4.78, 5) is 18.7. The Morgan fingerprint density at radius 3 is 2.38 bits per heavy atom. The molecule has 0 spiro atoms. The molecule has 2 heterocycles. The van der Waals surface area contributed by atoms with Crippen molar-refractivity contribution < 1.29 is 9.90 Å². The molecule has 0 aliphatic heterocycles. The first-order valence-corrected chi connectivity index (χ1v) is 8.15. The summed E-state index contributed by atoms with van der Waals surface area (Å²) in [6.45, 7) is 0. The number of pyridine rings is 1. The molecule has 1 N–H and O–H groups in total. The molecule has 0 aliphatic carbocycles. The Kier molecular flexibility index (Phi) is 6.07. The van der Waals surface area contributed by atoms with E-state index in [4.69, 9.17) is 5.11 Å². The van der Waals surface area contributed by atoms with E-state index in [2.05, 4.69) is 15.3 Å². The van der Waals surface area contributed by atoms with E-state index in [1.165, 1.54) is 2.26 Å². The van der Waals surface area contributed by atoms with Crippen LogP contribution in [0.25, 0.3) is 11.3 Å². The molecule has 100 valence electrons. The molecule has 0 fully saturated rings. The molecule has 3 aromatic rings. The normalized spacial score (nSPS) is 9.62. The number of aromatic carboxylic acids is 1. The maximum absolute atomic E-state index is 10.2. The van der Waals surface area contributed by atoms with Crippen molar-refractivity contribution in [2.45, 2.75) is 0 Å². The quantitative estimate of drug-likeness (QED) is 0.738. The van der Waals surface area contributed by atoms with Crippen LogP contribution in [-0.2, 0) is 0 Å². The van der Waals surface area contributed by atoms with Crippen molar-refractivity contribution >= 4 is 47.5 Å². The Morgan fingerprint density at radius 1 is 1.14 bits per heavy atom. The van der Waals surface area contributed by atoms with Crippen LogP contribution in [0, 0.1) is 0 Å². The first kappa shape index (κ1) is 15.9. The Labute approximate surface area is 143 Å². The van der Waals surface area contributed by atoms with Crippen LogP contribution in [0.15, 0.2) is 60.2 Å². The van der Waals surface area contributed by atoms with Gasteiger partial charge in [0.15, 0.2) is 0 Å². The van der Waals surface area contributed by atoms with Gasteiger partial charge < -0.3 is 5.11 Å². The molecule has 6 heteroatoms. The molecule has 21 heavy (non-hydrogen) atoms. The molecular weight excluding hydrogens is 295 g/mol. The van der Waals surface area contributed by atoms with Crippen LogP contribution in [-0.4, -0.2) is 49.0 Å². The number of hydrogen-bond donors (Lipinski definition) is 1. The molecule has 1 aromatic carbocycles. The number of hydrogen-bond acceptors (Lipinski definition) is 4. The van der Waals surface area contributed by atoms with Crippen LogP contribution in [0.3, 0.4) is 0 Å². The van der Waals surface area contributed by atoms with Crippen LogP contribution in [0.1, 0.15) is 10.4 Å². The number of carbonyl (C=O) groups is 1. The third kappa shape index (κ3) is 5.06. The van der Waals surface area contributed by atoms with E-state index < -0.39 is 5.97 Å². The second-order valence-corrected chi connectivity index (χ2v) is 6.90. The van der Waals surface area contributed by atoms with Gasteiger partial charge in [-0.15, -0.1) is 0 Å². The van der Waals surface area contributed by atoms with Gasteiger partial charge in [0, 0.05) is 0 Å². The number of aromatic nitrogens is 2. The zero-order valence-electron chi connectivity index (χ0n) is 11.4. The van der Waals surface area contributed by atoms with Gasteiger partial charge in [0.05, 0.1) is 5.56 Å². The van der Waals surface area contributed by atoms with E-state index in [0.29, 0.717) is 5.56 Å². The fourth-order valence-electron chi connectivity index (χ4n) is 1.59. The van der Waals surface area contributed by atoms with Crippen molar-refractivity contribution in [1.82, 2.24) is 9.97 Å². The van der Waals surface area contributed by atoms with Crippen LogP contribution < -0.4 is 2.26 Å². The molecule has 0 amide bonds. The van der Waals surface area contributed by atoms with Gasteiger partial charge in [-0.2, -0.15) is 0 Å². The molecule has 0 saturated carbocycles. The zero-order valence-corrected chi connectivity index (χ0v) is 14.2. The Hall–Kier alpha value is -1.53. The van der Waals surface area contributed by atoms with Crippen molar-refractivity contribution in [1.29, 1.82) is 0 Å². The van der Waals surface area contributed by atoms with Crippen LogP contribution in [0.2, 0.25) is 0 Å². The van der Waals surface area contributed by atoms with Gasteiger partial charge in [-0.1, -0.05) is 18.2 Å². The minimum absolute atomic E-state index is 0.331. The minimum atomic E-state index is -0.879. The molecule has 0 radical (unpaired) electrons. The summed E-state index contributed by atoms with van der Waals surface area (Å²) in [6.07, 6.45) is 3.62. The van der Waals surface area contributed by atoms with Crippen LogP contribution in [0.4, 0.5) is 0 Å². The van der Waals surface area contributed by atoms with Gasteiger partial charge >= 0.3 is 98.6 Å². The van der Waals surface area contributed by atoms with E-state index >= 15 is 0 Å². The molecule has 3 rings (SSSR count). The average Bonchev–Trinajstić information content (AvgIpc) is 2.96. The van der Waals surface area contributed by atoms with Gasteiger partial charge in [0.25, 0.3) is 0 Å². The molecule has 0 aliphatic rings. The summed E-state index contributed by atoms with van der Waals surface area (Å²) >= 11 is 2.75. The molecule has 0 atom stereocenters. The number of benzene rings is 1. The third-order valence-electron chi connectivity index (χ3n) is 2.60. The van der Waals surface area contributed by atoms with Crippen molar-refractivity contribution in [2.75, 3.05) is 0 Å². The summed E-state index contributed by atoms with van der Waals surface area (Å²) in [5.41, 5.74) is 2.49. The van der Waals surface area contributed by atoms with Crippen molar-refractivity contribution in [2.24, 2.45) is 0 Å². The molecule has 0 saturated heterocycles. The van der Waals surface area contributed by atoms with Crippen molar-refractivity contribution in [3.63, 3.8) is 0 Å². The Balaban J connectivity index is 0.000000161. The summed E-state index contributed by atoms with van der Waals surface area (Å²) in [5.74, 6) is -0.879. The summed E-state index contributed by atoms with van der Waals surface area (Å²) in [7, 11) is 0. The maximum atomic E-state index is 10.2. The standard InChI is InChI=1S/C8H5N2S.C7H6O2.Na/c1-2-7(4-9-3-1)8-5-11-6-10-8;8-7(9)6-4-2-1-3-5-6;/h1-5H;1-5H,(H,8,9);. The van der Waals surface area contributed by atoms with E-state index in [-0.39, 0.29) is 0 Å². The number of carboxylic acids is 1. The molecule has 0 unspecified atom stereocenters. The van der Waals surface area contributed by atoms with Crippen molar-refractivity contribution in [3.05, 3.63) is 65.8 Å². The Morgan fingerprint density at radius 2 is 1.90 bits per heavy atom. The zero-order chi connectivity index (χ0) is 15.1. The number of rotatable bonds is 2. The first-order valence-electron chi connectivity index (χ1n) is 6.27. The molecule has 0 bridgehead atoms. The fraction of sp³-hybridized carbons (Fsp3) is 0. The van der Waals surface area contributed by atoms with Crippen LogP contribution >= 0.6 is 11.3 Å². The number of nitrogens with zero attached hydrogens (tertiary/aromatic N) is 2. The second kappa shape index (κ2) is 8.05. The van der Waals surface area contributed by atoms with Crippen molar-refractivity contribution in [3.8, 4) is 11.3 Å². The number of carboxylic acid groups (broad SMARTS) is 1. The summed E-state index contributed by atoms with van der Waals surface area (Å²) in [5, 5.41) is 10.5. The van der Waals surface area contributed by atoms with E-state index in [1.54, 1.807) is 47.9 Å². The van der Waals surface area contributed by atoms with Gasteiger partial charge in [0.1, 0.15) is 0 Å². The van der Waals surface area contributed by atoms with Gasteiger partial charge in [-0.25, -0.2) is 4.79 Å². The topological polar surface area (TPSA) is 63.1 Å². The third-order valence-corrected chi connectivity index (χ3v) is 4.30. The Bertz CT molecular complexity index is 702. The predicted octanol–water partition coefficient (Wildman–Crippen LogP) is 2.38. The SMILES string of the molecule is O=C(O)c1ccccc1.[Na][c]1nc(-c2cccnc2)cs1. The number of thiazole rings is 1. The predicted molar refractivity (Wildman–Crippen MR) is 84.1 cm³/mol. The fourth-order valence-corrected chi connectivity index (χ4v) is 2.81. The van der Waals surface area contributed by atoms with Gasteiger partial charge in [0.2, 0.25) is 0 Å². The van der Waals surface area contributed by atoms with E-state index in [0.717, 1.165) is 39.2 Å². The molecular formula is C15H11N2NaO2S. The van der Waals surface area contributed by atoms with Crippen LogP contribution in [0.5, 0.6) is 0 Å². The van der Waals surface area contributed by atoms with Gasteiger partial charge in [-0.05, 0) is 12.1 Å². The average molecular weight is 306 g/mol. The molecule has 4 nitrogen and oxygen atoms in total.